The van der Waals surface area contributed by atoms with E-state index in [1.54, 1.807) is 0 Å². The Morgan fingerprint density at radius 1 is 1.29 bits per heavy atom. The number of likely N-dealkylation sites (N-methyl/N-ethyl adjacent to an activating group) is 2. The van der Waals surface area contributed by atoms with Crippen molar-refractivity contribution in [1.82, 2.24) is 10.2 Å². The average molecular weight is 198 g/mol. The van der Waals surface area contributed by atoms with Crippen molar-refractivity contribution in [2.75, 3.05) is 26.7 Å². The quantitative estimate of drug-likeness (QED) is 0.703. The van der Waals surface area contributed by atoms with Crippen molar-refractivity contribution in [3.63, 3.8) is 0 Å². The topological polar surface area (TPSA) is 15.3 Å². The van der Waals surface area contributed by atoms with Crippen molar-refractivity contribution < 1.29 is 0 Å². The van der Waals surface area contributed by atoms with Crippen LogP contribution in [0.4, 0.5) is 0 Å². The van der Waals surface area contributed by atoms with Gasteiger partial charge in [0, 0.05) is 12.6 Å². The monoisotopic (exact) mass is 198 g/mol. The van der Waals surface area contributed by atoms with Crippen molar-refractivity contribution in [1.29, 1.82) is 0 Å². The van der Waals surface area contributed by atoms with Crippen LogP contribution in [0.2, 0.25) is 0 Å². The second-order valence-corrected chi connectivity index (χ2v) is 4.56. The molecule has 1 rings (SSSR count). The SMILES string of the molecule is CCNC(CN(C)CC)C1CCCC1. The Hall–Kier alpha value is -0.0800. The predicted molar refractivity (Wildman–Crippen MR) is 62.6 cm³/mol. The molecular weight excluding hydrogens is 172 g/mol. The van der Waals surface area contributed by atoms with Gasteiger partial charge in [0.25, 0.3) is 0 Å². The number of nitrogens with one attached hydrogen (secondary N) is 1. The van der Waals surface area contributed by atoms with Crippen LogP contribution in [0.25, 0.3) is 0 Å². The number of nitrogens with zero attached hydrogens (tertiary/aromatic N) is 1. The molecule has 1 atom stereocenters. The molecule has 1 fully saturated rings. The molecule has 1 saturated carbocycles. The molecule has 2 heteroatoms. The van der Waals surface area contributed by atoms with E-state index in [-0.39, 0.29) is 0 Å². The van der Waals surface area contributed by atoms with Gasteiger partial charge in [-0.2, -0.15) is 0 Å². The van der Waals surface area contributed by atoms with Gasteiger partial charge in [0.05, 0.1) is 0 Å². The summed E-state index contributed by atoms with van der Waals surface area (Å²) in [7, 11) is 2.22. The van der Waals surface area contributed by atoms with Gasteiger partial charge >= 0.3 is 0 Å². The molecule has 0 saturated heterocycles. The molecule has 0 heterocycles. The third-order valence-electron chi connectivity index (χ3n) is 3.48. The van der Waals surface area contributed by atoms with E-state index in [1.807, 2.05) is 0 Å². The fraction of sp³-hybridized carbons (Fsp3) is 1.00. The summed E-state index contributed by atoms with van der Waals surface area (Å²) in [6, 6.07) is 0.729. The lowest BCUT2D eigenvalue weighted by molar-refractivity contribution is 0.250. The van der Waals surface area contributed by atoms with Crippen LogP contribution in [0.5, 0.6) is 0 Å². The van der Waals surface area contributed by atoms with E-state index in [0.29, 0.717) is 0 Å². The molecule has 1 unspecified atom stereocenters. The lowest BCUT2D eigenvalue weighted by Gasteiger charge is -2.28. The molecule has 1 aliphatic carbocycles. The predicted octanol–water partition coefficient (Wildman–Crippen LogP) is 2.11. The first kappa shape index (κ1) is 12.0. The Kier molecular flexibility index (Phi) is 5.49. The highest BCUT2D eigenvalue weighted by Crippen LogP contribution is 2.27. The van der Waals surface area contributed by atoms with Gasteiger partial charge in [0.1, 0.15) is 0 Å². The molecule has 1 aliphatic rings. The van der Waals surface area contributed by atoms with Crippen LogP contribution in [0, 0.1) is 5.92 Å². The second-order valence-electron chi connectivity index (χ2n) is 4.56. The minimum Gasteiger partial charge on any atom is -0.313 e. The van der Waals surface area contributed by atoms with Crippen molar-refractivity contribution in [3.05, 3.63) is 0 Å². The Bertz CT molecular complexity index is 141. The Morgan fingerprint density at radius 2 is 1.93 bits per heavy atom. The van der Waals surface area contributed by atoms with Crippen LogP contribution in [0.3, 0.4) is 0 Å². The standard InChI is InChI=1S/C12H26N2/c1-4-13-12(10-14(3)5-2)11-8-6-7-9-11/h11-13H,4-10H2,1-3H3. The number of rotatable bonds is 6. The van der Waals surface area contributed by atoms with Gasteiger partial charge in [0.2, 0.25) is 0 Å². The first-order chi connectivity index (χ1) is 6.77. The van der Waals surface area contributed by atoms with Gasteiger partial charge in [-0.1, -0.05) is 26.7 Å². The molecule has 0 spiro atoms. The van der Waals surface area contributed by atoms with Gasteiger partial charge in [-0.25, -0.2) is 0 Å². The Balaban J connectivity index is 2.36. The van der Waals surface area contributed by atoms with Crippen LogP contribution in [-0.2, 0) is 0 Å². The van der Waals surface area contributed by atoms with Crippen LogP contribution in [0.15, 0.2) is 0 Å². The fourth-order valence-electron chi connectivity index (χ4n) is 2.47. The molecule has 0 aromatic rings. The van der Waals surface area contributed by atoms with E-state index in [2.05, 4.69) is 31.1 Å². The third-order valence-corrected chi connectivity index (χ3v) is 3.48. The summed E-state index contributed by atoms with van der Waals surface area (Å²) >= 11 is 0. The lowest BCUT2D eigenvalue weighted by Crippen LogP contribution is -2.43. The zero-order valence-electron chi connectivity index (χ0n) is 10.1. The van der Waals surface area contributed by atoms with Crippen molar-refractivity contribution in [2.24, 2.45) is 5.92 Å². The zero-order chi connectivity index (χ0) is 10.4. The van der Waals surface area contributed by atoms with Gasteiger partial charge in [-0.3, -0.25) is 0 Å². The van der Waals surface area contributed by atoms with Crippen LogP contribution in [0.1, 0.15) is 39.5 Å². The highest BCUT2D eigenvalue weighted by Gasteiger charge is 2.24. The van der Waals surface area contributed by atoms with Gasteiger partial charge in [-0.15, -0.1) is 0 Å². The smallest absolute Gasteiger partial charge is 0.0222 e. The summed E-state index contributed by atoms with van der Waals surface area (Å²) in [6.45, 7) is 7.94. The van der Waals surface area contributed by atoms with E-state index in [4.69, 9.17) is 0 Å². The molecule has 0 amide bonds. The molecular formula is C12H26N2. The first-order valence-electron chi connectivity index (χ1n) is 6.19. The maximum absolute atomic E-state index is 3.65. The molecule has 0 aromatic carbocycles. The summed E-state index contributed by atoms with van der Waals surface area (Å²) in [4.78, 5) is 2.42. The minimum absolute atomic E-state index is 0.729. The van der Waals surface area contributed by atoms with E-state index in [1.165, 1.54) is 32.2 Å². The minimum atomic E-state index is 0.729. The fourth-order valence-corrected chi connectivity index (χ4v) is 2.47. The van der Waals surface area contributed by atoms with E-state index in [9.17, 15) is 0 Å². The van der Waals surface area contributed by atoms with E-state index in [0.717, 1.165) is 25.0 Å². The molecule has 2 nitrogen and oxygen atoms in total. The number of hydrogen-bond acceptors (Lipinski definition) is 2. The van der Waals surface area contributed by atoms with Crippen LogP contribution >= 0.6 is 0 Å². The summed E-state index contributed by atoms with van der Waals surface area (Å²) in [5, 5.41) is 3.65. The third kappa shape index (κ3) is 3.58. The van der Waals surface area contributed by atoms with Crippen LogP contribution < -0.4 is 5.32 Å². The zero-order valence-corrected chi connectivity index (χ0v) is 10.1. The molecule has 14 heavy (non-hydrogen) atoms. The van der Waals surface area contributed by atoms with E-state index >= 15 is 0 Å². The molecule has 84 valence electrons. The van der Waals surface area contributed by atoms with Crippen molar-refractivity contribution in [2.45, 2.75) is 45.6 Å². The van der Waals surface area contributed by atoms with Gasteiger partial charge < -0.3 is 10.2 Å². The van der Waals surface area contributed by atoms with Crippen molar-refractivity contribution >= 4 is 0 Å². The largest absolute Gasteiger partial charge is 0.313 e. The first-order valence-corrected chi connectivity index (χ1v) is 6.19. The van der Waals surface area contributed by atoms with E-state index < -0.39 is 0 Å². The summed E-state index contributed by atoms with van der Waals surface area (Å²) in [6.07, 6.45) is 5.77. The van der Waals surface area contributed by atoms with Crippen molar-refractivity contribution in [3.8, 4) is 0 Å². The summed E-state index contributed by atoms with van der Waals surface area (Å²) in [5.74, 6) is 0.934. The molecule has 1 N–H and O–H groups in total. The molecule has 0 aliphatic heterocycles. The normalized spacial score (nSPS) is 20.6. The average Bonchev–Trinajstić information content (AvgIpc) is 2.69. The summed E-state index contributed by atoms with van der Waals surface area (Å²) < 4.78 is 0. The lowest BCUT2D eigenvalue weighted by atomic mass is 9.97. The highest BCUT2D eigenvalue weighted by atomic mass is 15.1. The molecule has 0 bridgehead atoms. The second kappa shape index (κ2) is 6.41. The Morgan fingerprint density at radius 3 is 2.43 bits per heavy atom. The summed E-state index contributed by atoms with van der Waals surface area (Å²) in [5.41, 5.74) is 0. The number of hydrogen-bond donors (Lipinski definition) is 1. The highest BCUT2D eigenvalue weighted by molar-refractivity contribution is 4.82. The van der Waals surface area contributed by atoms with Crippen LogP contribution in [-0.4, -0.2) is 37.6 Å². The maximum atomic E-state index is 3.65. The van der Waals surface area contributed by atoms with Gasteiger partial charge in [-0.05, 0) is 38.9 Å². The molecule has 0 aromatic heterocycles. The molecule has 0 radical (unpaired) electrons. The maximum Gasteiger partial charge on any atom is 0.0222 e. The van der Waals surface area contributed by atoms with Gasteiger partial charge in [0.15, 0.2) is 0 Å². The Labute approximate surface area is 89.1 Å².